The molecular weight excluding hydrogens is 220 g/mol. The number of fused-ring (bicyclic) bond motifs is 1. The monoisotopic (exact) mass is 228 g/mol. The van der Waals surface area contributed by atoms with Gasteiger partial charge in [0, 0.05) is 0 Å². The minimum atomic E-state index is -1.83. The molecule has 2 aromatic rings. The van der Waals surface area contributed by atoms with Crippen molar-refractivity contribution in [2.45, 2.75) is 0 Å². The lowest BCUT2D eigenvalue weighted by Gasteiger charge is -1.95. The number of nitrogen functional groups attached to an aromatic ring is 1. The predicted octanol–water partition coefficient (Wildman–Crippen LogP) is -0.846. The second-order valence-corrected chi connectivity index (χ2v) is 2.44. The summed E-state index contributed by atoms with van der Waals surface area (Å²) in [4.78, 5) is 32.5. The van der Waals surface area contributed by atoms with E-state index in [1.54, 1.807) is 0 Å². The van der Waals surface area contributed by atoms with Crippen molar-refractivity contribution in [2.24, 2.45) is 5.84 Å². The molecule has 0 bridgehead atoms. The summed E-state index contributed by atoms with van der Waals surface area (Å²) in [7, 11) is 0. The van der Waals surface area contributed by atoms with Crippen LogP contribution in [0.4, 0.5) is 10.7 Å². The number of hydrogen-bond donors (Lipinski definition) is 6. The highest BCUT2D eigenvalue weighted by atomic mass is 16.6. The zero-order valence-corrected chi connectivity index (χ0v) is 7.76. The van der Waals surface area contributed by atoms with Crippen LogP contribution in [0.3, 0.4) is 0 Å². The average molecular weight is 228 g/mol. The first-order valence-electron chi connectivity index (χ1n) is 3.86. The molecule has 10 heteroatoms. The first-order valence-corrected chi connectivity index (χ1v) is 3.86. The highest BCUT2D eigenvalue weighted by Crippen LogP contribution is 2.00. The number of nitrogens with zero attached hydrogens (tertiary/aromatic N) is 2. The molecule has 0 radical (unpaired) electrons. The maximum Gasteiger partial charge on any atom is 0.503 e. The topological polar surface area (TPSA) is 170 Å². The minimum Gasteiger partial charge on any atom is -0.450 e. The lowest BCUT2D eigenvalue weighted by Crippen LogP contribution is -2.16. The molecule has 0 aromatic carbocycles. The Morgan fingerprint density at radius 2 is 2.12 bits per heavy atom. The van der Waals surface area contributed by atoms with Crippen LogP contribution in [0.15, 0.2) is 11.1 Å². The quantitative estimate of drug-likeness (QED) is 0.271. The van der Waals surface area contributed by atoms with E-state index >= 15 is 0 Å². The number of nitrogens with one attached hydrogen (secondary N) is 3. The van der Waals surface area contributed by atoms with Crippen molar-refractivity contribution >= 4 is 23.3 Å². The van der Waals surface area contributed by atoms with Gasteiger partial charge in [0.15, 0.2) is 11.2 Å². The van der Waals surface area contributed by atoms with Crippen LogP contribution in [0, 0.1) is 0 Å². The number of hydrazine groups is 1. The number of anilines is 1. The Balaban J connectivity index is 0.000000280. The molecule has 2 aromatic heterocycles. The van der Waals surface area contributed by atoms with E-state index in [1.807, 2.05) is 0 Å². The molecule has 16 heavy (non-hydrogen) atoms. The number of aromatic nitrogens is 4. The standard InChI is InChI=1S/C5H6N6O.CH2O3/c6-11-5-9-3-2(4(12)10-5)7-1-8-3;2-1(3)4/h1H,6H2,(H3,7,8,9,10,11,12);(H2,2,3,4). The number of carbonyl (C=O) groups is 1. The van der Waals surface area contributed by atoms with Gasteiger partial charge in [-0.1, -0.05) is 0 Å². The highest BCUT2D eigenvalue weighted by Gasteiger charge is 2.03. The summed E-state index contributed by atoms with van der Waals surface area (Å²) in [5.41, 5.74) is 2.61. The van der Waals surface area contributed by atoms with Gasteiger partial charge in [0.05, 0.1) is 6.33 Å². The number of H-pyrrole nitrogens is 2. The predicted molar refractivity (Wildman–Crippen MR) is 53.0 cm³/mol. The lowest BCUT2D eigenvalue weighted by atomic mass is 10.5. The molecule has 2 heterocycles. The van der Waals surface area contributed by atoms with Crippen molar-refractivity contribution in [3.05, 3.63) is 16.7 Å². The summed E-state index contributed by atoms with van der Waals surface area (Å²) in [6, 6.07) is 0. The zero-order chi connectivity index (χ0) is 12.1. The number of imidazole rings is 1. The van der Waals surface area contributed by atoms with Crippen molar-refractivity contribution in [1.29, 1.82) is 0 Å². The van der Waals surface area contributed by atoms with Gasteiger partial charge in [0.25, 0.3) is 5.56 Å². The molecular formula is C6H8N6O4. The number of hydrogen-bond acceptors (Lipinski definition) is 6. The molecule has 0 saturated heterocycles. The number of aromatic amines is 2. The molecule has 2 rings (SSSR count). The first kappa shape index (κ1) is 11.5. The molecule has 86 valence electrons. The average Bonchev–Trinajstić information content (AvgIpc) is 2.65. The van der Waals surface area contributed by atoms with Gasteiger partial charge >= 0.3 is 6.16 Å². The van der Waals surface area contributed by atoms with E-state index in [0.717, 1.165) is 0 Å². The molecule has 7 N–H and O–H groups in total. The SMILES string of the molecule is NNc1nc2nc[nH]c2c(=O)[nH]1.O=C(O)O. The third-order valence-electron chi connectivity index (χ3n) is 1.43. The second-order valence-electron chi connectivity index (χ2n) is 2.44. The van der Waals surface area contributed by atoms with Gasteiger partial charge in [-0.05, 0) is 0 Å². The molecule has 0 aliphatic rings. The van der Waals surface area contributed by atoms with Crippen LogP contribution in [-0.4, -0.2) is 36.3 Å². The van der Waals surface area contributed by atoms with Gasteiger partial charge in [-0.2, -0.15) is 4.98 Å². The van der Waals surface area contributed by atoms with E-state index in [1.165, 1.54) is 6.33 Å². The number of carboxylic acid groups (broad SMARTS) is 2. The Kier molecular flexibility index (Phi) is 3.40. The first-order chi connectivity index (χ1) is 7.54. The van der Waals surface area contributed by atoms with Gasteiger partial charge in [-0.15, -0.1) is 0 Å². The van der Waals surface area contributed by atoms with E-state index in [9.17, 15) is 4.79 Å². The van der Waals surface area contributed by atoms with Crippen LogP contribution in [0.5, 0.6) is 0 Å². The summed E-state index contributed by atoms with van der Waals surface area (Å²) < 4.78 is 0. The molecule has 0 unspecified atom stereocenters. The van der Waals surface area contributed by atoms with E-state index in [4.69, 9.17) is 20.9 Å². The minimum absolute atomic E-state index is 0.194. The molecule has 0 saturated carbocycles. The van der Waals surface area contributed by atoms with E-state index in [0.29, 0.717) is 11.2 Å². The van der Waals surface area contributed by atoms with E-state index in [-0.39, 0.29) is 11.5 Å². The molecule has 10 nitrogen and oxygen atoms in total. The van der Waals surface area contributed by atoms with E-state index in [2.05, 4.69) is 25.4 Å². The lowest BCUT2D eigenvalue weighted by molar-refractivity contribution is 0.137. The van der Waals surface area contributed by atoms with Crippen LogP contribution in [0.2, 0.25) is 0 Å². The van der Waals surface area contributed by atoms with E-state index < -0.39 is 6.16 Å². The van der Waals surface area contributed by atoms with Crippen LogP contribution in [-0.2, 0) is 0 Å². The smallest absolute Gasteiger partial charge is 0.450 e. The van der Waals surface area contributed by atoms with Crippen LogP contribution < -0.4 is 16.8 Å². The normalized spacial score (nSPS) is 9.31. The fourth-order valence-corrected chi connectivity index (χ4v) is 0.911. The van der Waals surface area contributed by atoms with Crippen molar-refractivity contribution in [1.82, 2.24) is 19.9 Å². The molecule has 0 aliphatic carbocycles. The number of nitrogens with two attached hydrogens (primary N) is 1. The number of rotatable bonds is 1. The third-order valence-corrected chi connectivity index (χ3v) is 1.43. The maximum absolute atomic E-state index is 11.2. The molecule has 0 aliphatic heterocycles. The van der Waals surface area contributed by atoms with Gasteiger partial charge in [-0.3, -0.25) is 15.2 Å². The van der Waals surface area contributed by atoms with Gasteiger partial charge in [0.2, 0.25) is 5.95 Å². The summed E-state index contributed by atoms with van der Waals surface area (Å²) in [5.74, 6) is 5.25. The fraction of sp³-hybridized carbons (Fsp3) is 0. The third kappa shape index (κ3) is 2.68. The van der Waals surface area contributed by atoms with Crippen LogP contribution in [0.25, 0.3) is 11.2 Å². The summed E-state index contributed by atoms with van der Waals surface area (Å²) in [6.45, 7) is 0. The van der Waals surface area contributed by atoms with Crippen molar-refractivity contribution < 1.29 is 15.0 Å². The Bertz CT molecular complexity index is 541. The Morgan fingerprint density at radius 3 is 2.69 bits per heavy atom. The van der Waals surface area contributed by atoms with Gasteiger partial charge in [-0.25, -0.2) is 15.6 Å². The van der Waals surface area contributed by atoms with Crippen LogP contribution in [0.1, 0.15) is 0 Å². The van der Waals surface area contributed by atoms with Gasteiger partial charge in [0.1, 0.15) is 0 Å². The summed E-state index contributed by atoms with van der Waals surface area (Å²) >= 11 is 0. The molecule has 0 fully saturated rings. The molecule has 0 amide bonds. The van der Waals surface area contributed by atoms with Crippen molar-refractivity contribution in [2.75, 3.05) is 5.43 Å². The van der Waals surface area contributed by atoms with Crippen LogP contribution >= 0.6 is 0 Å². The van der Waals surface area contributed by atoms with Crippen molar-refractivity contribution in [3.8, 4) is 0 Å². The van der Waals surface area contributed by atoms with Gasteiger partial charge < -0.3 is 15.2 Å². The van der Waals surface area contributed by atoms with Crippen molar-refractivity contribution in [3.63, 3.8) is 0 Å². The summed E-state index contributed by atoms with van der Waals surface area (Å²) in [6.07, 6.45) is -0.437. The largest absolute Gasteiger partial charge is 0.503 e. The zero-order valence-electron chi connectivity index (χ0n) is 7.76. The maximum atomic E-state index is 11.2. The summed E-state index contributed by atoms with van der Waals surface area (Å²) in [5, 5.41) is 13.9. The molecule has 0 spiro atoms. The Hall–Kier alpha value is -2.62. The highest BCUT2D eigenvalue weighted by molar-refractivity contribution is 5.69. The Labute approximate surface area is 87.1 Å². The molecule has 0 atom stereocenters. The fourth-order valence-electron chi connectivity index (χ4n) is 0.911. The second kappa shape index (κ2) is 4.75. The Morgan fingerprint density at radius 1 is 1.50 bits per heavy atom.